The molecule has 1 aromatic rings. The maximum absolute atomic E-state index is 11.9. The molecule has 0 spiro atoms. The molecule has 2 rings (SSSR count). The van der Waals surface area contributed by atoms with Gasteiger partial charge in [-0.05, 0) is 6.07 Å². The Kier molecular flexibility index (Phi) is 7.03. The zero-order valence-electron chi connectivity index (χ0n) is 14.5. The highest BCUT2D eigenvalue weighted by molar-refractivity contribution is 5.91. The standard InChI is InChI=1S/C17H21N5O5/c18-6-14(23)20-8-15(24)21-9-16(25)22-13(17(26)27)5-10-7-19-12-4-2-1-3-11(10)12/h1-4,7,13,19H,5-6,8-9,18H2,(H,20,23)(H,21,24)(H,22,25)(H,26,27)/q+1/t13-/m0/s1. The predicted octanol–water partition coefficient (Wildman–Crippen LogP) is -2.83. The lowest BCUT2D eigenvalue weighted by atomic mass is 10.00. The van der Waals surface area contributed by atoms with Crippen LogP contribution in [-0.2, 0) is 19.2 Å². The molecule has 1 atom stereocenters. The Morgan fingerprint density at radius 1 is 1.04 bits per heavy atom. The van der Waals surface area contributed by atoms with Gasteiger partial charge in [-0.3, -0.25) is 14.4 Å². The molecule has 0 bridgehead atoms. The molecule has 0 saturated carbocycles. The number of amides is 3. The van der Waals surface area contributed by atoms with Crippen LogP contribution >= 0.6 is 0 Å². The molecule has 0 fully saturated rings. The van der Waals surface area contributed by atoms with Gasteiger partial charge in [0, 0.05) is 23.6 Å². The number of benzene rings is 1. The van der Waals surface area contributed by atoms with Crippen LogP contribution in [0.5, 0.6) is 0 Å². The molecule has 1 aliphatic heterocycles. The van der Waals surface area contributed by atoms with Crippen LogP contribution in [0.25, 0.3) is 5.57 Å². The second-order valence-electron chi connectivity index (χ2n) is 5.78. The average Bonchev–Trinajstić information content (AvgIpc) is 3.06. The molecule has 10 nitrogen and oxygen atoms in total. The Morgan fingerprint density at radius 2 is 1.70 bits per heavy atom. The lowest BCUT2D eigenvalue weighted by Crippen LogP contribution is -2.69. The van der Waals surface area contributed by atoms with Gasteiger partial charge < -0.3 is 26.8 Å². The first-order valence-corrected chi connectivity index (χ1v) is 8.21. The highest BCUT2D eigenvalue weighted by Gasteiger charge is 2.28. The molecular formula is C17H21N5O5+. The summed E-state index contributed by atoms with van der Waals surface area (Å²) in [4.78, 5) is 45.9. The SMILES string of the molecule is NCC(=O)NCC(=O)NCC(=O)N[C@@H](CC1=C[NH+]c2ccccc21)C(=O)O. The molecular weight excluding hydrogens is 354 g/mol. The van der Waals surface area contributed by atoms with Crippen molar-refractivity contribution < 1.29 is 29.6 Å². The van der Waals surface area contributed by atoms with Gasteiger partial charge >= 0.3 is 5.97 Å². The summed E-state index contributed by atoms with van der Waals surface area (Å²) in [7, 11) is 0. The maximum atomic E-state index is 11.9. The summed E-state index contributed by atoms with van der Waals surface area (Å²) in [6.45, 7) is -0.974. The fraction of sp³-hybridized carbons (Fsp3) is 0.294. The molecule has 0 aliphatic carbocycles. The normalized spacial score (nSPS) is 13.1. The van der Waals surface area contributed by atoms with E-state index in [1.165, 1.54) is 0 Å². The quantitative estimate of drug-likeness (QED) is 0.272. The topological polar surface area (TPSA) is 166 Å². The van der Waals surface area contributed by atoms with Crippen LogP contribution in [0.3, 0.4) is 0 Å². The number of carboxylic acid groups (broad SMARTS) is 1. The van der Waals surface area contributed by atoms with Crippen molar-refractivity contribution in [1.29, 1.82) is 0 Å². The van der Waals surface area contributed by atoms with Crippen molar-refractivity contribution in [2.75, 3.05) is 19.6 Å². The van der Waals surface area contributed by atoms with Crippen LogP contribution in [0.1, 0.15) is 12.0 Å². The van der Waals surface area contributed by atoms with E-state index in [-0.39, 0.29) is 19.5 Å². The third-order valence-electron chi connectivity index (χ3n) is 3.81. The Balaban J connectivity index is 1.84. The zero-order chi connectivity index (χ0) is 19.8. The smallest absolute Gasteiger partial charge is 0.326 e. The van der Waals surface area contributed by atoms with E-state index in [0.717, 1.165) is 16.8 Å². The van der Waals surface area contributed by atoms with Gasteiger partial charge in [0.25, 0.3) is 0 Å². The largest absolute Gasteiger partial charge is 0.480 e. The van der Waals surface area contributed by atoms with Crippen molar-refractivity contribution in [3.8, 4) is 0 Å². The van der Waals surface area contributed by atoms with Crippen LogP contribution in [0, 0.1) is 0 Å². The van der Waals surface area contributed by atoms with Crippen molar-refractivity contribution in [3.63, 3.8) is 0 Å². The Labute approximate surface area is 155 Å². The lowest BCUT2D eigenvalue weighted by Gasteiger charge is -2.15. The Morgan fingerprint density at radius 3 is 2.41 bits per heavy atom. The highest BCUT2D eigenvalue weighted by atomic mass is 16.4. The summed E-state index contributed by atoms with van der Waals surface area (Å²) in [6, 6.07) is 6.28. The molecule has 27 heavy (non-hydrogen) atoms. The number of nitrogens with one attached hydrogen (secondary N) is 4. The fourth-order valence-electron chi connectivity index (χ4n) is 2.46. The molecule has 1 aromatic carbocycles. The Hall–Kier alpha value is -3.24. The number of hydrogen-bond acceptors (Lipinski definition) is 6. The van der Waals surface area contributed by atoms with E-state index in [4.69, 9.17) is 5.73 Å². The van der Waals surface area contributed by atoms with Crippen LogP contribution in [-0.4, -0.2) is 54.5 Å². The van der Waals surface area contributed by atoms with Crippen molar-refractivity contribution in [1.82, 2.24) is 16.0 Å². The second-order valence-corrected chi connectivity index (χ2v) is 5.78. The summed E-state index contributed by atoms with van der Waals surface area (Å²) in [5.74, 6) is -2.93. The van der Waals surface area contributed by atoms with Crippen LogP contribution < -0.4 is 27.0 Å². The first kappa shape index (κ1) is 20.1. The minimum absolute atomic E-state index is 0.0889. The van der Waals surface area contributed by atoms with Crippen molar-refractivity contribution in [2.24, 2.45) is 5.73 Å². The van der Waals surface area contributed by atoms with Gasteiger partial charge in [0.15, 0.2) is 11.9 Å². The average molecular weight is 375 g/mol. The van der Waals surface area contributed by atoms with Gasteiger partial charge in [0.1, 0.15) is 6.04 Å². The van der Waals surface area contributed by atoms with E-state index in [2.05, 4.69) is 21.3 Å². The first-order chi connectivity index (χ1) is 12.9. The number of aliphatic carboxylic acids is 1. The van der Waals surface area contributed by atoms with Crippen LogP contribution in [0.2, 0.25) is 0 Å². The summed E-state index contributed by atoms with van der Waals surface area (Å²) in [5, 5.41) is 19.3. The number of para-hydroxylation sites is 1. The molecule has 0 unspecified atom stereocenters. The second kappa shape index (κ2) is 9.46. The highest BCUT2D eigenvalue weighted by Crippen LogP contribution is 2.27. The molecule has 10 heteroatoms. The summed E-state index contributed by atoms with van der Waals surface area (Å²) in [6.07, 6.45) is 1.79. The summed E-state index contributed by atoms with van der Waals surface area (Å²) >= 11 is 0. The monoisotopic (exact) mass is 375 g/mol. The van der Waals surface area contributed by atoms with E-state index in [1.54, 1.807) is 6.20 Å². The van der Waals surface area contributed by atoms with Gasteiger partial charge in [-0.2, -0.15) is 0 Å². The van der Waals surface area contributed by atoms with Gasteiger partial charge in [0.2, 0.25) is 17.7 Å². The number of fused-ring (bicyclic) bond motifs is 1. The first-order valence-electron chi connectivity index (χ1n) is 8.21. The van der Waals surface area contributed by atoms with E-state index < -0.39 is 36.3 Å². The third kappa shape index (κ3) is 5.90. The third-order valence-corrected chi connectivity index (χ3v) is 3.81. The molecule has 1 radical (unpaired) electrons. The number of rotatable bonds is 9. The maximum Gasteiger partial charge on any atom is 0.326 e. The Bertz CT molecular complexity index is 777. The van der Waals surface area contributed by atoms with E-state index in [0.29, 0.717) is 0 Å². The van der Waals surface area contributed by atoms with E-state index in [9.17, 15) is 24.3 Å². The summed E-state index contributed by atoms with van der Waals surface area (Å²) in [5.41, 5.74) is 7.59. The molecule has 0 aromatic heterocycles. The molecule has 7 N–H and O–H groups in total. The molecule has 1 heterocycles. The van der Waals surface area contributed by atoms with Gasteiger partial charge in [-0.15, -0.1) is 5.32 Å². The summed E-state index contributed by atoms with van der Waals surface area (Å²) < 4.78 is 0. The molecule has 3 amide bonds. The van der Waals surface area contributed by atoms with Crippen LogP contribution in [0.4, 0.5) is 5.69 Å². The number of carbonyl (C=O) groups excluding carboxylic acids is 3. The molecule has 0 saturated heterocycles. The van der Waals surface area contributed by atoms with Crippen molar-refractivity contribution in [3.05, 3.63) is 36.0 Å². The minimum atomic E-state index is -1.19. The van der Waals surface area contributed by atoms with Gasteiger partial charge in [-0.25, -0.2) is 4.79 Å². The number of anilines is 1. The number of carbonyl (C=O) groups is 4. The van der Waals surface area contributed by atoms with E-state index in [1.807, 2.05) is 24.3 Å². The fourth-order valence-corrected chi connectivity index (χ4v) is 2.46. The van der Waals surface area contributed by atoms with E-state index >= 15 is 0 Å². The lowest BCUT2D eigenvalue weighted by molar-refractivity contribution is -0.491. The molecule has 143 valence electrons. The zero-order valence-corrected chi connectivity index (χ0v) is 14.5. The van der Waals surface area contributed by atoms with Crippen LogP contribution in [0.15, 0.2) is 30.5 Å². The number of carboxylic acids is 1. The van der Waals surface area contributed by atoms with Crippen molar-refractivity contribution >= 4 is 35.0 Å². The molecule has 1 aliphatic rings. The number of nitrogens with two attached hydrogens (primary N) is 1. The predicted molar refractivity (Wildman–Crippen MR) is 94.3 cm³/mol. The minimum Gasteiger partial charge on any atom is -0.480 e. The number of hydrogen-bond donors (Lipinski definition) is 6. The van der Waals surface area contributed by atoms with Gasteiger partial charge in [-0.1, -0.05) is 12.1 Å². The van der Waals surface area contributed by atoms with Gasteiger partial charge in [0.05, 0.1) is 19.6 Å². The van der Waals surface area contributed by atoms with Crippen molar-refractivity contribution in [2.45, 2.75) is 12.5 Å².